The summed E-state index contributed by atoms with van der Waals surface area (Å²) < 4.78 is 53.1. The zero-order valence-electron chi connectivity index (χ0n) is 19.1. The number of halogens is 2. The van der Waals surface area contributed by atoms with E-state index in [0.717, 1.165) is 35.3 Å². The monoisotopic (exact) mass is 541 g/mol. The first kappa shape index (κ1) is 26.0. The Morgan fingerprint density at radius 2 is 2.03 bits per heavy atom. The number of benzene rings is 2. The first-order valence-corrected chi connectivity index (χ1v) is 13.1. The molecule has 1 saturated heterocycles. The molecule has 0 spiro atoms. The van der Waals surface area contributed by atoms with E-state index < -0.39 is 28.0 Å². The van der Waals surface area contributed by atoms with Crippen molar-refractivity contribution in [3.05, 3.63) is 47.2 Å². The highest BCUT2D eigenvalue weighted by Gasteiger charge is 2.35. The van der Waals surface area contributed by atoms with E-state index in [9.17, 15) is 22.4 Å². The van der Waals surface area contributed by atoms with Crippen molar-refractivity contribution < 1.29 is 37.0 Å². The summed E-state index contributed by atoms with van der Waals surface area (Å²) in [5.41, 5.74) is 0.215. The number of carboxylic acid groups (broad SMARTS) is 1. The van der Waals surface area contributed by atoms with E-state index in [-0.39, 0.29) is 52.0 Å². The molecule has 2 heterocycles. The quantitative estimate of drug-likeness (QED) is 0.488. The number of anilines is 2. The summed E-state index contributed by atoms with van der Waals surface area (Å²) >= 11 is 5.82. The molecule has 13 heteroatoms. The minimum absolute atomic E-state index is 0.0389. The largest absolute Gasteiger partial charge is 0.484 e. The van der Waals surface area contributed by atoms with Gasteiger partial charge in [0.15, 0.2) is 0 Å². The lowest BCUT2D eigenvalue weighted by molar-refractivity contribution is -0.123. The van der Waals surface area contributed by atoms with Gasteiger partial charge >= 0.3 is 6.09 Å². The number of hydrogen-bond acceptors (Lipinski definition) is 6. The Bertz CT molecular complexity index is 1250. The Morgan fingerprint density at radius 3 is 2.72 bits per heavy atom. The lowest BCUT2D eigenvalue weighted by Gasteiger charge is -2.36. The van der Waals surface area contributed by atoms with Crippen molar-refractivity contribution in [2.75, 3.05) is 35.9 Å². The predicted molar refractivity (Wildman–Crippen MR) is 130 cm³/mol. The molecule has 1 fully saturated rings. The first-order valence-electron chi connectivity index (χ1n) is 11.3. The average molecular weight is 542 g/mol. The van der Waals surface area contributed by atoms with Crippen LogP contribution in [0.4, 0.5) is 20.6 Å². The molecule has 0 radical (unpaired) electrons. The van der Waals surface area contributed by atoms with Crippen molar-refractivity contribution in [2.24, 2.45) is 5.92 Å². The summed E-state index contributed by atoms with van der Waals surface area (Å²) in [5, 5.41) is 13.7. The molecular weight excluding hydrogens is 517 g/mol. The van der Waals surface area contributed by atoms with Gasteiger partial charge in [0.1, 0.15) is 17.7 Å². The topological polar surface area (TPSA) is 134 Å². The summed E-state index contributed by atoms with van der Waals surface area (Å²) in [6, 6.07) is 7.23. The van der Waals surface area contributed by atoms with Crippen LogP contribution in [-0.4, -0.2) is 57.9 Å². The van der Waals surface area contributed by atoms with Gasteiger partial charge in [0, 0.05) is 25.3 Å². The van der Waals surface area contributed by atoms with Crippen LogP contribution < -0.4 is 19.7 Å². The zero-order chi connectivity index (χ0) is 25.9. The van der Waals surface area contributed by atoms with Crippen molar-refractivity contribution in [3.8, 4) is 5.75 Å². The number of amides is 2. The van der Waals surface area contributed by atoms with Crippen LogP contribution >= 0.6 is 11.6 Å². The number of nitrogens with one attached hydrogen (secondary N) is 2. The highest BCUT2D eigenvalue weighted by molar-refractivity contribution is 7.92. The Hall–Kier alpha value is -3.09. The van der Waals surface area contributed by atoms with Gasteiger partial charge in [-0.15, -0.1) is 0 Å². The minimum Gasteiger partial charge on any atom is -0.484 e. The molecule has 194 valence electrons. The molecule has 3 N–H and O–H groups in total. The number of hydrogen-bond donors (Lipinski definition) is 3. The highest BCUT2D eigenvalue weighted by Crippen LogP contribution is 2.39. The Kier molecular flexibility index (Phi) is 7.86. The van der Waals surface area contributed by atoms with Gasteiger partial charge in [0.25, 0.3) is 10.0 Å². The van der Waals surface area contributed by atoms with Crippen molar-refractivity contribution in [3.63, 3.8) is 0 Å². The summed E-state index contributed by atoms with van der Waals surface area (Å²) in [5.74, 6) is -0.656. The summed E-state index contributed by atoms with van der Waals surface area (Å²) in [4.78, 5) is 23.3. The van der Waals surface area contributed by atoms with Gasteiger partial charge in [-0.1, -0.05) is 11.6 Å². The molecule has 0 aromatic heterocycles. The normalized spacial score (nSPS) is 19.7. The number of fused-ring (bicyclic) bond motifs is 1. The summed E-state index contributed by atoms with van der Waals surface area (Å²) in [7, 11) is -4.26. The highest BCUT2D eigenvalue weighted by atomic mass is 35.5. The smallest absolute Gasteiger partial charge is 0.409 e. The molecule has 2 aliphatic heterocycles. The number of carbonyl (C=O) groups is 2. The van der Waals surface area contributed by atoms with Gasteiger partial charge in [-0.25, -0.2) is 17.6 Å². The third-order valence-corrected chi connectivity index (χ3v) is 7.94. The maximum atomic E-state index is 13.7. The number of carbonyl (C=O) groups excluding carboxylic acids is 1. The van der Waals surface area contributed by atoms with Crippen LogP contribution in [0.2, 0.25) is 5.02 Å². The van der Waals surface area contributed by atoms with Crippen molar-refractivity contribution >= 4 is 45.0 Å². The number of sulfonamides is 1. The van der Waals surface area contributed by atoms with Crippen LogP contribution in [0.25, 0.3) is 0 Å². The zero-order valence-corrected chi connectivity index (χ0v) is 20.6. The second kappa shape index (κ2) is 10.9. The molecule has 0 saturated carbocycles. The van der Waals surface area contributed by atoms with E-state index in [2.05, 4.69) is 10.6 Å². The maximum Gasteiger partial charge on any atom is 0.409 e. The Morgan fingerprint density at radius 1 is 1.22 bits per heavy atom. The number of nitrogens with zero attached hydrogens (tertiary/aromatic N) is 1. The lowest BCUT2D eigenvalue weighted by Crippen LogP contribution is -2.48. The van der Waals surface area contributed by atoms with E-state index in [1.54, 1.807) is 0 Å². The van der Waals surface area contributed by atoms with Crippen LogP contribution in [0.5, 0.6) is 5.75 Å². The van der Waals surface area contributed by atoms with Crippen LogP contribution in [0, 0.1) is 11.7 Å². The van der Waals surface area contributed by atoms with E-state index >= 15 is 0 Å². The Labute approximate surface area is 212 Å². The minimum atomic E-state index is -4.26. The van der Waals surface area contributed by atoms with E-state index in [4.69, 9.17) is 26.2 Å². The first-order chi connectivity index (χ1) is 17.1. The van der Waals surface area contributed by atoms with E-state index in [1.807, 2.05) is 0 Å². The predicted octanol–water partition coefficient (Wildman–Crippen LogP) is 3.46. The summed E-state index contributed by atoms with van der Waals surface area (Å²) in [6.45, 7) is 1.07. The average Bonchev–Trinajstić information content (AvgIpc) is 2.84. The third-order valence-electron chi connectivity index (χ3n) is 5.88. The molecule has 4 rings (SSSR count). The summed E-state index contributed by atoms with van der Waals surface area (Å²) in [6.07, 6.45) is 0.0336. The molecular formula is C23H25ClFN3O7S. The van der Waals surface area contributed by atoms with Gasteiger partial charge in [-0.2, -0.15) is 0 Å². The van der Waals surface area contributed by atoms with Gasteiger partial charge in [0.2, 0.25) is 5.91 Å². The van der Waals surface area contributed by atoms with Gasteiger partial charge < -0.3 is 19.9 Å². The van der Waals surface area contributed by atoms with Crippen LogP contribution in [0.15, 0.2) is 41.3 Å². The van der Waals surface area contributed by atoms with Crippen LogP contribution in [0.1, 0.15) is 19.3 Å². The molecule has 0 bridgehead atoms. The molecule has 0 aliphatic carbocycles. The maximum absolute atomic E-state index is 13.7. The van der Waals surface area contributed by atoms with Crippen molar-refractivity contribution in [2.45, 2.75) is 30.3 Å². The van der Waals surface area contributed by atoms with Gasteiger partial charge in [-0.3, -0.25) is 14.4 Å². The second-order valence-corrected chi connectivity index (χ2v) is 10.8. The molecule has 2 aromatic carbocycles. The number of rotatable bonds is 7. The molecule has 1 unspecified atom stereocenters. The molecule has 2 atom stereocenters. The second-order valence-electron chi connectivity index (χ2n) is 8.56. The lowest BCUT2D eigenvalue weighted by atomic mass is 9.98. The molecule has 2 amide bonds. The van der Waals surface area contributed by atoms with E-state index in [1.165, 1.54) is 18.2 Å². The fourth-order valence-electron chi connectivity index (χ4n) is 4.14. The van der Waals surface area contributed by atoms with Crippen LogP contribution in [-0.2, 0) is 19.6 Å². The standard InChI is InChI=1S/C23H25ClFN3O7S/c24-18-10-17(4-5-19(18)25)36(32,33)28-12-16(11-26-22(29)8-14-2-1-7-34-13-14)35-21-6-3-15(9-20(21)28)27-23(30)31/h3-6,9-10,14,16,27H,1-2,7-8,11-13H2,(H,26,29)(H,30,31)/t14?,16-/m0/s1. The fourth-order valence-corrected chi connectivity index (χ4v) is 5.91. The third kappa shape index (κ3) is 6.00. The molecule has 36 heavy (non-hydrogen) atoms. The molecule has 2 aromatic rings. The van der Waals surface area contributed by atoms with Crippen molar-refractivity contribution in [1.29, 1.82) is 0 Å². The van der Waals surface area contributed by atoms with Gasteiger partial charge in [0.05, 0.1) is 28.7 Å². The van der Waals surface area contributed by atoms with Gasteiger partial charge in [-0.05, 0) is 55.2 Å². The SMILES string of the molecule is O=C(O)Nc1ccc2c(c1)N(S(=O)(=O)c1ccc(F)c(Cl)c1)C[C@H](CNC(=O)CC1CCCOC1)O2. The number of ether oxygens (including phenoxy) is 2. The molecule has 2 aliphatic rings. The van der Waals surface area contributed by atoms with E-state index in [0.29, 0.717) is 19.6 Å². The fraction of sp³-hybridized carbons (Fsp3) is 0.391. The van der Waals surface area contributed by atoms with Crippen molar-refractivity contribution in [1.82, 2.24) is 5.32 Å². The van der Waals surface area contributed by atoms with Crippen LogP contribution in [0.3, 0.4) is 0 Å². The molecule has 10 nitrogen and oxygen atoms in total. The Balaban J connectivity index is 1.57.